The lowest BCUT2D eigenvalue weighted by molar-refractivity contribution is 0.151. The SMILES string of the molecule is CCNC(=NCCCN1CCC(C)CC1)N1CCC2(CCC2)C1. The molecule has 4 heteroatoms. The standard InChI is InChI=1S/C19H36N4/c1-3-20-18(23-15-10-19(16-23)8-4-9-19)21-11-5-12-22-13-6-17(2)7-14-22/h17H,3-16H2,1-2H3,(H,20,21). The van der Waals surface area contributed by atoms with Crippen LogP contribution in [-0.4, -0.2) is 61.6 Å². The molecule has 1 N–H and O–H groups in total. The van der Waals surface area contributed by atoms with Crippen LogP contribution in [0.4, 0.5) is 0 Å². The minimum Gasteiger partial charge on any atom is -0.357 e. The van der Waals surface area contributed by atoms with Crippen molar-refractivity contribution in [1.29, 1.82) is 0 Å². The molecule has 132 valence electrons. The molecule has 2 heterocycles. The zero-order valence-corrected chi connectivity index (χ0v) is 15.3. The van der Waals surface area contributed by atoms with E-state index in [9.17, 15) is 0 Å². The van der Waals surface area contributed by atoms with Crippen LogP contribution in [0.25, 0.3) is 0 Å². The van der Waals surface area contributed by atoms with E-state index < -0.39 is 0 Å². The Morgan fingerprint density at radius 1 is 1.17 bits per heavy atom. The van der Waals surface area contributed by atoms with Gasteiger partial charge in [0.2, 0.25) is 0 Å². The summed E-state index contributed by atoms with van der Waals surface area (Å²) >= 11 is 0. The molecule has 0 radical (unpaired) electrons. The first kappa shape index (κ1) is 17.1. The summed E-state index contributed by atoms with van der Waals surface area (Å²) in [6.45, 7) is 12.8. The molecule has 0 aromatic heterocycles. The van der Waals surface area contributed by atoms with Crippen molar-refractivity contribution in [2.45, 2.75) is 58.8 Å². The van der Waals surface area contributed by atoms with Crippen LogP contribution in [-0.2, 0) is 0 Å². The summed E-state index contributed by atoms with van der Waals surface area (Å²) in [7, 11) is 0. The average molecular weight is 321 g/mol. The number of guanidine groups is 1. The van der Waals surface area contributed by atoms with Crippen LogP contribution in [0.5, 0.6) is 0 Å². The zero-order valence-electron chi connectivity index (χ0n) is 15.3. The Hall–Kier alpha value is -0.770. The molecule has 0 aromatic carbocycles. The average Bonchev–Trinajstić information content (AvgIpc) is 2.98. The van der Waals surface area contributed by atoms with Gasteiger partial charge >= 0.3 is 0 Å². The predicted octanol–water partition coefficient (Wildman–Crippen LogP) is 2.95. The molecular formula is C19H36N4. The Labute approximate surface area is 142 Å². The van der Waals surface area contributed by atoms with Gasteiger partial charge < -0.3 is 15.1 Å². The molecule has 23 heavy (non-hydrogen) atoms. The number of rotatable bonds is 5. The van der Waals surface area contributed by atoms with E-state index in [1.807, 2.05) is 0 Å². The number of likely N-dealkylation sites (tertiary alicyclic amines) is 2. The van der Waals surface area contributed by atoms with Crippen LogP contribution in [0, 0.1) is 11.3 Å². The molecule has 1 aliphatic carbocycles. The number of nitrogens with zero attached hydrogens (tertiary/aromatic N) is 3. The third-order valence-electron chi connectivity index (χ3n) is 6.26. The van der Waals surface area contributed by atoms with Gasteiger partial charge in [0.05, 0.1) is 0 Å². The van der Waals surface area contributed by atoms with Gasteiger partial charge in [0.1, 0.15) is 0 Å². The Balaban J connectivity index is 1.42. The minimum absolute atomic E-state index is 0.653. The molecule has 0 unspecified atom stereocenters. The smallest absolute Gasteiger partial charge is 0.193 e. The largest absolute Gasteiger partial charge is 0.357 e. The second kappa shape index (κ2) is 7.87. The highest BCUT2D eigenvalue weighted by Gasteiger charge is 2.43. The summed E-state index contributed by atoms with van der Waals surface area (Å²) in [4.78, 5) is 10.1. The lowest BCUT2D eigenvalue weighted by Crippen LogP contribution is -2.42. The number of piperidine rings is 1. The monoisotopic (exact) mass is 320 g/mol. The molecular weight excluding hydrogens is 284 g/mol. The van der Waals surface area contributed by atoms with Crippen molar-refractivity contribution in [2.24, 2.45) is 16.3 Å². The highest BCUT2D eigenvalue weighted by atomic mass is 15.3. The van der Waals surface area contributed by atoms with E-state index in [0.717, 1.165) is 19.0 Å². The molecule has 1 saturated carbocycles. The quantitative estimate of drug-likeness (QED) is 0.480. The van der Waals surface area contributed by atoms with E-state index >= 15 is 0 Å². The topological polar surface area (TPSA) is 30.9 Å². The minimum atomic E-state index is 0.653. The maximum Gasteiger partial charge on any atom is 0.193 e. The van der Waals surface area contributed by atoms with Crippen molar-refractivity contribution >= 4 is 5.96 Å². The van der Waals surface area contributed by atoms with Gasteiger partial charge in [-0.3, -0.25) is 4.99 Å². The molecule has 3 fully saturated rings. The van der Waals surface area contributed by atoms with Crippen molar-refractivity contribution in [3.8, 4) is 0 Å². The first-order valence-electron chi connectivity index (χ1n) is 9.96. The fourth-order valence-corrected chi connectivity index (χ4v) is 4.39. The molecule has 0 bridgehead atoms. The van der Waals surface area contributed by atoms with Gasteiger partial charge in [0.25, 0.3) is 0 Å². The summed E-state index contributed by atoms with van der Waals surface area (Å²) in [5, 5.41) is 3.52. The third-order valence-corrected chi connectivity index (χ3v) is 6.26. The fraction of sp³-hybridized carbons (Fsp3) is 0.947. The third kappa shape index (κ3) is 4.40. The summed E-state index contributed by atoms with van der Waals surface area (Å²) < 4.78 is 0. The van der Waals surface area contributed by atoms with Gasteiger partial charge in [0, 0.05) is 26.2 Å². The van der Waals surface area contributed by atoms with E-state index in [1.165, 1.54) is 83.6 Å². The van der Waals surface area contributed by atoms with Crippen molar-refractivity contribution in [3.05, 3.63) is 0 Å². The van der Waals surface area contributed by atoms with Gasteiger partial charge in [-0.2, -0.15) is 0 Å². The molecule has 0 atom stereocenters. The maximum atomic E-state index is 4.92. The highest BCUT2D eigenvalue weighted by molar-refractivity contribution is 5.80. The molecule has 1 spiro atoms. The maximum absolute atomic E-state index is 4.92. The number of hydrogen-bond donors (Lipinski definition) is 1. The number of aliphatic imine (C=N–C) groups is 1. The van der Waals surface area contributed by atoms with Gasteiger partial charge in [-0.05, 0) is 76.4 Å². The number of hydrogen-bond acceptors (Lipinski definition) is 2. The highest BCUT2D eigenvalue weighted by Crippen LogP contribution is 2.47. The molecule has 0 amide bonds. The number of nitrogens with one attached hydrogen (secondary N) is 1. The second-order valence-electron chi connectivity index (χ2n) is 8.14. The summed E-state index contributed by atoms with van der Waals surface area (Å²) in [6.07, 6.45) is 9.65. The summed E-state index contributed by atoms with van der Waals surface area (Å²) in [6, 6.07) is 0. The molecule has 4 nitrogen and oxygen atoms in total. The van der Waals surface area contributed by atoms with Crippen LogP contribution >= 0.6 is 0 Å². The van der Waals surface area contributed by atoms with E-state index in [-0.39, 0.29) is 0 Å². The van der Waals surface area contributed by atoms with Gasteiger partial charge in [0.15, 0.2) is 5.96 Å². The molecule has 3 aliphatic rings. The Morgan fingerprint density at radius 2 is 1.96 bits per heavy atom. The first-order valence-corrected chi connectivity index (χ1v) is 9.96. The predicted molar refractivity (Wildman–Crippen MR) is 97.9 cm³/mol. The molecule has 3 rings (SSSR count). The van der Waals surface area contributed by atoms with Crippen LogP contribution in [0.2, 0.25) is 0 Å². The van der Waals surface area contributed by atoms with E-state index in [4.69, 9.17) is 4.99 Å². The Kier molecular flexibility index (Phi) is 5.84. The van der Waals surface area contributed by atoms with E-state index in [0.29, 0.717) is 5.41 Å². The first-order chi connectivity index (χ1) is 11.2. The van der Waals surface area contributed by atoms with Gasteiger partial charge in [-0.1, -0.05) is 13.3 Å². The van der Waals surface area contributed by atoms with E-state index in [2.05, 4.69) is 29.0 Å². The lowest BCUT2D eigenvalue weighted by Gasteiger charge is -2.38. The zero-order chi connectivity index (χ0) is 16.1. The van der Waals surface area contributed by atoms with Crippen LogP contribution in [0.3, 0.4) is 0 Å². The van der Waals surface area contributed by atoms with Crippen molar-refractivity contribution in [1.82, 2.24) is 15.1 Å². The summed E-state index contributed by atoms with van der Waals surface area (Å²) in [5.41, 5.74) is 0.653. The summed E-state index contributed by atoms with van der Waals surface area (Å²) in [5.74, 6) is 2.10. The molecule has 2 aliphatic heterocycles. The Bertz CT molecular complexity index is 394. The fourth-order valence-electron chi connectivity index (χ4n) is 4.39. The van der Waals surface area contributed by atoms with E-state index in [1.54, 1.807) is 0 Å². The van der Waals surface area contributed by atoms with Crippen molar-refractivity contribution in [2.75, 3.05) is 45.8 Å². The van der Waals surface area contributed by atoms with Gasteiger partial charge in [-0.25, -0.2) is 0 Å². The van der Waals surface area contributed by atoms with Gasteiger partial charge in [-0.15, -0.1) is 0 Å². The van der Waals surface area contributed by atoms with Crippen molar-refractivity contribution < 1.29 is 0 Å². The van der Waals surface area contributed by atoms with Crippen LogP contribution in [0.1, 0.15) is 58.8 Å². The van der Waals surface area contributed by atoms with Crippen LogP contribution < -0.4 is 5.32 Å². The normalized spacial score (nSPS) is 25.8. The van der Waals surface area contributed by atoms with Crippen LogP contribution in [0.15, 0.2) is 4.99 Å². The van der Waals surface area contributed by atoms with Crippen molar-refractivity contribution in [3.63, 3.8) is 0 Å². The molecule has 2 saturated heterocycles. The lowest BCUT2D eigenvalue weighted by atomic mass is 9.68. The second-order valence-corrected chi connectivity index (χ2v) is 8.14. The molecule has 0 aromatic rings. The Morgan fingerprint density at radius 3 is 2.57 bits per heavy atom.